The van der Waals surface area contributed by atoms with Crippen LogP contribution < -0.4 is 10.6 Å². The van der Waals surface area contributed by atoms with Crippen LogP contribution in [0.15, 0.2) is 23.1 Å². The number of hydrogen-bond donors (Lipinski definition) is 1. The Morgan fingerprint density at radius 3 is 2.41 bits per heavy atom. The second-order valence-corrected chi connectivity index (χ2v) is 5.61. The SMILES string of the molecule is CSc1cccc(N(C)C(C)C(C)C)c1CN. The predicted octanol–water partition coefficient (Wildman–Crippen LogP) is 3.35. The molecule has 0 bridgehead atoms. The molecule has 17 heavy (non-hydrogen) atoms. The summed E-state index contributed by atoms with van der Waals surface area (Å²) in [4.78, 5) is 3.62. The van der Waals surface area contributed by atoms with Gasteiger partial charge in [0.05, 0.1) is 0 Å². The molecule has 3 heteroatoms. The third-order valence-corrected chi connectivity index (χ3v) is 4.31. The fraction of sp³-hybridized carbons (Fsp3) is 0.571. The molecule has 2 N–H and O–H groups in total. The van der Waals surface area contributed by atoms with Gasteiger partial charge >= 0.3 is 0 Å². The van der Waals surface area contributed by atoms with E-state index >= 15 is 0 Å². The van der Waals surface area contributed by atoms with Gasteiger partial charge in [0.2, 0.25) is 0 Å². The van der Waals surface area contributed by atoms with Gasteiger partial charge in [-0.15, -0.1) is 11.8 Å². The molecule has 0 radical (unpaired) electrons. The summed E-state index contributed by atoms with van der Waals surface area (Å²) in [6.07, 6.45) is 2.10. The molecule has 96 valence electrons. The van der Waals surface area contributed by atoms with E-state index in [9.17, 15) is 0 Å². The van der Waals surface area contributed by atoms with Crippen LogP contribution in [0.3, 0.4) is 0 Å². The Balaban J connectivity index is 3.12. The van der Waals surface area contributed by atoms with E-state index in [1.54, 1.807) is 11.8 Å². The fourth-order valence-corrected chi connectivity index (χ4v) is 2.60. The van der Waals surface area contributed by atoms with E-state index in [0.717, 1.165) is 0 Å². The first-order valence-corrected chi connectivity index (χ1v) is 7.34. The normalized spacial score (nSPS) is 12.9. The minimum atomic E-state index is 0.511. The lowest BCUT2D eigenvalue weighted by Crippen LogP contribution is -2.34. The molecular formula is C14H24N2S. The molecule has 0 aliphatic carbocycles. The van der Waals surface area contributed by atoms with Gasteiger partial charge in [0, 0.05) is 35.8 Å². The lowest BCUT2D eigenvalue weighted by Gasteiger charge is -2.32. The molecule has 0 saturated carbocycles. The van der Waals surface area contributed by atoms with Gasteiger partial charge in [-0.2, -0.15) is 0 Å². The van der Waals surface area contributed by atoms with Gasteiger partial charge in [-0.3, -0.25) is 0 Å². The van der Waals surface area contributed by atoms with Crippen LogP contribution in [0.4, 0.5) is 5.69 Å². The molecule has 0 heterocycles. The maximum Gasteiger partial charge on any atom is 0.0422 e. The van der Waals surface area contributed by atoms with E-state index in [0.29, 0.717) is 18.5 Å². The molecule has 1 aromatic carbocycles. The van der Waals surface area contributed by atoms with Crippen molar-refractivity contribution in [3.8, 4) is 0 Å². The van der Waals surface area contributed by atoms with E-state index in [4.69, 9.17) is 5.73 Å². The van der Waals surface area contributed by atoms with Crippen molar-refractivity contribution in [2.24, 2.45) is 11.7 Å². The molecule has 0 aliphatic rings. The van der Waals surface area contributed by atoms with Crippen LogP contribution in [0, 0.1) is 5.92 Å². The van der Waals surface area contributed by atoms with Gasteiger partial charge in [0.25, 0.3) is 0 Å². The average Bonchev–Trinajstić information content (AvgIpc) is 2.35. The zero-order chi connectivity index (χ0) is 13.0. The van der Waals surface area contributed by atoms with Crippen LogP contribution in [-0.4, -0.2) is 19.3 Å². The largest absolute Gasteiger partial charge is 0.371 e. The maximum absolute atomic E-state index is 5.90. The van der Waals surface area contributed by atoms with Gasteiger partial charge in [-0.1, -0.05) is 19.9 Å². The molecule has 1 unspecified atom stereocenters. The quantitative estimate of drug-likeness (QED) is 0.815. The predicted molar refractivity (Wildman–Crippen MR) is 78.8 cm³/mol. The van der Waals surface area contributed by atoms with Crippen LogP contribution in [0.25, 0.3) is 0 Å². The van der Waals surface area contributed by atoms with Crippen LogP contribution in [0.1, 0.15) is 26.3 Å². The molecule has 1 aromatic rings. The summed E-state index contributed by atoms with van der Waals surface area (Å²) in [6, 6.07) is 6.94. The summed E-state index contributed by atoms with van der Waals surface area (Å²) in [6.45, 7) is 7.36. The molecule has 0 fully saturated rings. The number of nitrogens with zero attached hydrogens (tertiary/aromatic N) is 1. The maximum atomic E-state index is 5.90. The highest BCUT2D eigenvalue weighted by Gasteiger charge is 2.17. The molecule has 0 aliphatic heterocycles. The zero-order valence-electron chi connectivity index (χ0n) is 11.5. The number of rotatable bonds is 5. The smallest absolute Gasteiger partial charge is 0.0422 e. The van der Waals surface area contributed by atoms with Crippen molar-refractivity contribution in [2.45, 2.75) is 38.3 Å². The van der Waals surface area contributed by atoms with Crippen molar-refractivity contribution < 1.29 is 0 Å². The Morgan fingerprint density at radius 1 is 1.29 bits per heavy atom. The second kappa shape index (κ2) is 6.31. The number of anilines is 1. The first-order valence-electron chi connectivity index (χ1n) is 6.11. The third-order valence-electron chi connectivity index (χ3n) is 3.49. The summed E-state index contributed by atoms with van der Waals surface area (Å²) in [5, 5.41) is 0. The minimum Gasteiger partial charge on any atom is -0.371 e. The summed E-state index contributed by atoms with van der Waals surface area (Å²) in [5.74, 6) is 0.628. The van der Waals surface area contributed by atoms with E-state index < -0.39 is 0 Å². The van der Waals surface area contributed by atoms with Crippen LogP contribution in [0.2, 0.25) is 0 Å². The summed E-state index contributed by atoms with van der Waals surface area (Å²) < 4.78 is 0. The Labute approximate surface area is 110 Å². The fourth-order valence-electron chi connectivity index (χ4n) is 1.95. The topological polar surface area (TPSA) is 29.3 Å². The zero-order valence-corrected chi connectivity index (χ0v) is 12.3. The van der Waals surface area contributed by atoms with Crippen molar-refractivity contribution >= 4 is 17.4 Å². The Kier molecular flexibility index (Phi) is 5.34. The summed E-state index contributed by atoms with van der Waals surface area (Å²) in [7, 11) is 2.16. The van der Waals surface area contributed by atoms with Gasteiger partial charge in [0.1, 0.15) is 0 Å². The van der Waals surface area contributed by atoms with Crippen molar-refractivity contribution in [1.29, 1.82) is 0 Å². The molecule has 0 saturated heterocycles. The second-order valence-electron chi connectivity index (χ2n) is 4.76. The minimum absolute atomic E-state index is 0.511. The lowest BCUT2D eigenvalue weighted by molar-refractivity contribution is 0.504. The summed E-state index contributed by atoms with van der Waals surface area (Å²) in [5.41, 5.74) is 8.42. The van der Waals surface area contributed by atoms with E-state index in [1.807, 2.05) is 0 Å². The molecule has 2 nitrogen and oxygen atoms in total. The lowest BCUT2D eigenvalue weighted by atomic mass is 10.0. The molecule has 1 rings (SSSR count). The highest BCUT2D eigenvalue weighted by molar-refractivity contribution is 7.98. The van der Waals surface area contributed by atoms with E-state index in [1.165, 1.54) is 16.1 Å². The van der Waals surface area contributed by atoms with Crippen LogP contribution in [-0.2, 0) is 6.54 Å². The Hall–Kier alpha value is -0.670. The van der Waals surface area contributed by atoms with Crippen LogP contribution in [0.5, 0.6) is 0 Å². The van der Waals surface area contributed by atoms with Crippen molar-refractivity contribution in [1.82, 2.24) is 0 Å². The number of benzene rings is 1. The van der Waals surface area contributed by atoms with Crippen molar-refractivity contribution in [3.63, 3.8) is 0 Å². The monoisotopic (exact) mass is 252 g/mol. The van der Waals surface area contributed by atoms with Crippen molar-refractivity contribution in [3.05, 3.63) is 23.8 Å². The number of hydrogen-bond acceptors (Lipinski definition) is 3. The van der Waals surface area contributed by atoms with Gasteiger partial charge in [-0.25, -0.2) is 0 Å². The molecular weight excluding hydrogens is 228 g/mol. The third kappa shape index (κ3) is 3.17. The standard InChI is InChI=1S/C14H24N2S/c1-10(2)11(3)16(4)13-7-6-8-14(17-5)12(13)9-15/h6-8,10-11H,9,15H2,1-5H3. The Morgan fingerprint density at radius 2 is 1.94 bits per heavy atom. The van der Waals surface area contributed by atoms with Gasteiger partial charge < -0.3 is 10.6 Å². The van der Waals surface area contributed by atoms with Gasteiger partial charge in [-0.05, 0) is 31.2 Å². The first kappa shape index (κ1) is 14.4. The Bertz CT molecular complexity index is 363. The van der Waals surface area contributed by atoms with Crippen LogP contribution >= 0.6 is 11.8 Å². The first-order chi connectivity index (χ1) is 8.02. The molecule has 0 aromatic heterocycles. The van der Waals surface area contributed by atoms with Crippen molar-refractivity contribution in [2.75, 3.05) is 18.2 Å². The number of nitrogens with two attached hydrogens (primary N) is 1. The number of thioether (sulfide) groups is 1. The summed E-state index contributed by atoms with van der Waals surface area (Å²) >= 11 is 1.77. The average molecular weight is 252 g/mol. The highest BCUT2D eigenvalue weighted by atomic mass is 32.2. The van der Waals surface area contributed by atoms with Gasteiger partial charge in [0.15, 0.2) is 0 Å². The molecule has 0 spiro atoms. The van der Waals surface area contributed by atoms with E-state index in [-0.39, 0.29) is 0 Å². The molecule has 0 amide bonds. The van der Waals surface area contributed by atoms with E-state index in [2.05, 4.69) is 57.2 Å². The highest BCUT2D eigenvalue weighted by Crippen LogP contribution is 2.30. The molecule has 1 atom stereocenters.